The Morgan fingerprint density at radius 2 is 1.97 bits per heavy atom. The third kappa shape index (κ3) is 7.09. The molecule has 2 heterocycles. The molecule has 0 bridgehead atoms. The molecule has 0 spiro atoms. The topological polar surface area (TPSA) is 65.7 Å². The van der Waals surface area contributed by atoms with Crippen LogP contribution in [0.5, 0.6) is 0 Å². The zero-order chi connectivity index (χ0) is 21.7. The number of rotatable bonds is 6. The van der Waals surface area contributed by atoms with Crippen LogP contribution in [0.1, 0.15) is 34.6 Å². The van der Waals surface area contributed by atoms with Crippen molar-refractivity contribution in [3.63, 3.8) is 0 Å². The van der Waals surface area contributed by atoms with Crippen molar-refractivity contribution in [2.75, 3.05) is 26.7 Å². The zero-order valence-electron chi connectivity index (χ0n) is 17.9. The maximum Gasteiger partial charge on any atom is 0.416 e. The van der Waals surface area contributed by atoms with Gasteiger partial charge in [-0.3, -0.25) is 9.89 Å². The van der Waals surface area contributed by atoms with E-state index in [4.69, 9.17) is 4.52 Å². The third-order valence-corrected chi connectivity index (χ3v) is 5.37. The van der Waals surface area contributed by atoms with Crippen LogP contribution < -0.4 is 10.6 Å². The Morgan fingerprint density at radius 1 is 1.26 bits per heavy atom. The third-order valence-electron chi connectivity index (χ3n) is 5.37. The number of aromatic nitrogens is 1. The minimum atomic E-state index is -4.30. The Balaban J connectivity index is 0.00000341. The second-order valence-corrected chi connectivity index (χ2v) is 7.61. The largest absolute Gasteiger partial charge is 0.416 e. The summed E-state index contributed by atoms with van der Waals surface area (Å²) in [5.74, 6) is 1.58. The summed E-state index contributed by atoms with van der Waals surface area (Å²) in [7, 11) is 1.74. The maximum absolute atomic E-state index is 12.7. The number of nitrogens with zero attached hydrogens (tertiary/aromatic N) is 3. The molecular formula is C21H29F3IN5O. The van der Waals surface area contributed by atoms with Crippen LogP contribution in [0.25, 0.3) is 0 Å². The van der Waals surface area contributed by atoms with E-state index in [9.17, 15) is 13.2 Å². The molecule has 0 saturated carbocycles. The molecule has 1 aliphatic heterocycles. The van der Waals surface area contributed by atoms with Gasteiger partial charge in [0.05, 0.1) is 11.3 Å². The van der Waals surface area contributed by atoms with Crippen molar-refractivity contribution < 1.29 is 17.7 Å². The number of guanidine groups is 1. The Morgan fingerprint density at radius 3 is 2.55 bits per heavy atom. The van der Waals surface area contributed by atoms with E-state index in [1.165, 1.54) is 0 Å². The molecule has 2 N–H and O–H groups in total. The highest BCUT2D eigenvalue weighted by atomic mass is 127. The van der Waals surface area contributed by atoms with Crippen LogP contribution in [-0.4, -0.2) is 48.7 Å². The van der Waals surface area contributed by atoms with E-state index in [1.807, 2.05) is 13.8 Å². The lowest BCUT2D eigenvalue weighted by Gasteiger charge is -2.19. The monoisotopic (exact) mass is 551 g/mol. The fraction of sp³-hybridized carbons (Fsp3) is 0.524. The molecule has 0 aliphatic carbocycles. The summed E-state index contributed by atoms with van der Waals surface area (Å²) < 4.78 is 43.3. The van der Waals surface area contributed by atoms with E-state index in [2.05, 4.69) is 25.7 Å². The molecule has 31 heavy (non-hydrogen) atoms. The number of alkyl halides is 3. The van der Waals surface area contributed by atoms with E-state index < -0.39 is 11.7 Å². The van der Waals surface area contributed by atoms with Crippen molar-refractivity contribution in [1.29, 1.82) is 0 Å². The predicted octanol–water partition coefficient (Wildman–Crippen LogP) is 3.91. The highest BCUT2D eigenvalue weighted by Gasteiger charge is 2.30. The van der Waals surface area contributed by atoms with Gasteiger partial charge in [-0.2, -0.15) is 13.2 Å². The average molecular weight is 551 g/mol. The highest BCUT2D eigenvalue weighted by molar-refractivity contribution is 14.0. The first-order valence-electron chi connectivity index (χ1n) is 10.0. The number of aliphatic imine (C=N–C) groups is 1. The number of halogens is 4. The van der Waals surface area contributed by atoms with Gasteiger partial charge in [0.1, 0.15) is 5.76 Å². The van der Waals surface area contributed by atoms with Crippen molar-refractivity contribution in [2.45, 2.75) is 45.5 Å². The van der Waals surface area contributed by atoms with Crippen LogP contribution >= 0.6 is 24.0 Å². The summed E-state index contributed by atoms with van der Waals surface area (Å²) in [6.07, 6.45) is -2.55. The lowest BCUT2D eigenvalue weighted by molar-refractivity contribution is -0.137. The van der Waals surface area contributed by atoms with Crippen molar-refractivity contribution >= 4 is 29.9 Å². The standard InChI is InChI=1S/C21H28F3N5O.HI/c1-14-19(15(2)30-28-14)8-10-26-20(25-3)27-18-9-11-29(13-18)12-16-4-6-17(7-5-16)21(22,23)24;/h4-7,18H,8-13H2,1-3H3,(H2,25,26,27);1H. The van der Waals surface area contributed by atoms with Gasteiger partial charge in [0.15, 0.2) is 5.96 Å². The van der Waals surface area contributed by atoms with Gasteiger partial charge in [0.2, 0.25) is 0 Å². The van der Waals surface area contributed by atoms with E-state index in [0.29, 0.717) is 13.1 Å². The number of likely N-dealkylation sites (tertiary alicyclic amines) is 1. The Hall–Kier alpha value is -1.82. The van der Waals surface area contributed by atoms with Crippen molar-refractivity contribution in [2.24, 2.45) is 4.99 Å². The minimum absolute atomic E-state index is 0. The van der Waals surface area contributed by atoms with Crippen LogP contribution in [0.4, 0.5) is 13.2 Å². The fourth-order valence-corrected chi connectivity index (χ4v) is 3.70. The molecular weight excluding hydrogens is 522 g/mol. The molecule has 0 radical (unpaired) electrons. The van der Waals surface area contributed by atoms with Gasteiger partial charge in [0.25, 0.3) is 0 Å². The fourth-order valence-electron chi connectivity index (χ4n) is 3.70. The Labute approximate surface area is 197 Å². The highest BCUT2D eigenvalue weighted by Crippen LogP contribution is 2.29. The van der Waals surface area contributed by atoms with E-state index in [1.54, 1.807) is 19.2 Å². The van der Waals surface area contributed by atoms with Crippen molar-refractivity contribution in [1.82, 2.24) is 20.7 Å². The number of hydrogen-bond acceptors (Lipinski definition) is 4. The van der Waals surface area contributed by atoms with Crippen LogP contribution in [-0.2, 0) is 19.1 Å². The average Bonchev–Trinajstić information content (AvgIpc) is 3.27. The lowest BCUT2D eigenvalue weighted by Crippen LogP contribution is -2.45. The molecule has 10 heteroatoms. The first kappa shape index (κ1) is 25.4. The second-order valence-electron chi connectivity index (χ2n) is 7.61. The SMILES string of the molecule is CN=C(NCCc1c(C)noc1C)NC1CCN(Cc2ccc(C(F)(F)F)cc2)C1.I. The normalized spacial score (nSPS) is 17.5. The first-order chi connectivity index (χ1) is 14.3. The Kier molecular flexibility index (Phi) is 9.16. The summed E-state index contributed by atoms with van der Waals surface area (Å²) in [6, 6.07) is 5.64. The maximum atomic E-state index is 12.7. The summed E-state index contributed by atoms with van der Waals surface area (Å²) in [5.41, 5.74) is 2.29. The molecule has 1 saturated heterocycles. The van der Waals surface area contributed by atoms with Crippen LogP contribution in [0.15, 0.2) is 33.8 Å². The first-order valence-corrected chi connectivity index (χ1v) is 10.0. The zero-order valence-corrected chi connectivity index (χ0v) is 20.3. The van der Waals surface area contributed by atoms with Crippen molar-refractivity contribution in [3.05, 3.63) is 52.4 Å². The molecule has 1 atom stereocenters. The van der Waals surface area contributed by atoms with Crippen LogP contribution in [0.3, 0.4) is 0 Å². The molecule has 172 valence electrons. The summed E-state index contributed by atoms with van der Waals surface area (Å²) in [4.78, 5) is 6.52. The van der Waals surface area contributed by atoms with Crippen LogP contribution in [0, 0.1) is 13.8 Å². The van der Waals surface area contributed by atoms with Gasteiger partial charge >= 0.3 is 6.18 Å². The second kappa shape index (κ2) is 11.2. The summed E-state index contributed by atoms with van der Waals surface area (Å²) in [6.45, 7) is 6.88. The number of hydrogen-bond donors (Lipinski definition) is 2. The molecule has 1 unspecified atom stereocenters. The molecule has 6 nitrogen and oxygen atoms in total. The van der Waals surface area contributed by atoms with Gasteiger partial charge in [-0.1, -0.05) is 17.3 Å². The molecule has 1 aromatic heterocycles. The smallest absolute Gasteiger partial charge is 0.361 e. The number of nitrogens with one attached hydrogen (secondary N) is 2. The van der Waals surface area contributed by atoms with Gasteiger partial charge in [-0.25, -0.2) is 0 Å². The summed E-state index contributed by atoms with van der Waals surface area (Å²) >= 11 is 0. The van der Waals surface area contributed by atoms with E-state index in [-0.39, 0.29) is 30.0 Å². The molecule has 2 aromatic rings. The quantitative estimate of drug-likeness (QED) is 0.324. The summed E-state index contributed by atoms with van der Waals surface area (Å²) in [5, 5.41) is 10.7. The van der Waals surface area contributed by atoms with Gasteiger partial charge in [-0.15, -0.1) is 24.0 Å². The Bertz CT molecular complexity index is 847. The minimum Gasteiger partial charge on any atom is -0.361 e. The molecule has 1 aliphatic rings. The predicted molar refractivity (Wildman–Crippen MR) is 125 cm³/mol. The lowest BCUT2D eigenvalue weighted by atomic mass is 10.1. The van der Waals surface area contributed by atoms with E-state index in [0.717, 1.165) is 66.6 Å². The van der Waals surface area contributed by atoms with E-state index >= 15 is 0 Å². The number of aryl methyl sites for hydroxylation is 2. The van der Waals surface area contributed by atoms with Crippen LogP contribution in [0.2, 0.25) is 0 Å². The van der Waals surface area contributed by atoms with Gasteiger partial charge < -0.3 is 15.2 Å². The molecule has 0 amide bonds. The number of benzene rings is 1. The van der Waals surface area contributed by atoms with Crippen molar-refractivity contribution in [3.8, 4) is 0 Å². The van der Waals surface area contributed by atoms with Gasteiger partial charge in [0, 0.05) is 44.8 Å². The molecule has 1 fully saturated rings. The van der Waals surface area contributed by atoms with Gasteiger partial charge in [-0.05, 0) is 44.4 Å². The molecule has 3 rings (SSSR count). The molecule has 1 aromatic carbocycles.